The van der Waals surface area contributed by atoms with E-state index in [1.54, 1.807) is 0 Å². The molecule has 1 fully saturated rings. The van der Waals surface area contributed by atoms with Crippen LogP contribution in [0.15, 0.2) is 12.3 Å². The fraction of sp³-hybridized carbons (Fsp3) is 0.706. The molecule has 20 heavy (non-hydrogen) atoms. The molecule has 1 N–H and O–H groups in total. The molecule has 0 bridgehead atoms. The van der Waals surface area contributed by atoms with E-state index in [0.29, 0.717) is 5.92 Å². The molecule has 1 unspecified atom stereocenters. The van der Waals surface area contributed by atoms with Crippen LogP contribution in [0, 0.1) is 12.8 Å². The summed E-state index contributed by atoms with van der Waals surface area (Å²) in [5.74, 6) is 1.87. The second-order valence-corrected chi connectivity index (χ2v) is 6.19. The van der Waals surface area contributed by atoms with Gasteiger partial charge in [0.15, 0.2) is 0 Å². The first-order valence-electron chi connectivity index (χ1n) is 8.07. The highest BCUT2D eigenvalue weighted by molar-refractivity contribution is 5.47. The molecule has 112 valence electrons. The summed E-state index contributed by atoms with van der Waals surface area (Å²) in [6, 6.07) is 3.05. The van der Waals surface area contributed by atoms with Gasteiger partial charge in [-0.25, -0.2) is 4.98 Å². The van der Waals surface area contributed by atoms with Crippen molar-refractivity contribution in [1.82, 2.24) is 10.3 Å². The fourth-order valence-electron chi connectivity index (χ4n) is 2.47. The highest BCUT2D eigenvalue weighted by Gasteiger charge is 2.20. The van der Waals surface area contributed by atoms with Crippen molar-refractivity contribution in [2.45, 2.75) is 59.5 Å². The van der Waals surface area contributed by atoms with Crippen molar-refractivity contribution in [1.29, 1.82) is 0 Å². The largest absolute Gasteiger partial charge is 0.356 e. The topological polar surface area (TPSA) is 28.2 Å². The third-order valence-electron chi connectivity index (χ3n) is 4.19. The van der Waals surface area contributed by atoms with Gasteiger partial charge in [-0.3, -0.25) is 0 Å². The molecule has 1 atom stereocenters. The van der Waals surface area contributed by atoms with Crippen LogP contribution >= 0.6 is 0 Å². The fourth-order valence-corrected chi connectivity index (χ4v) is 2.47. The molecule has 1 aromatic heterocycles. The number of hydrogen-bond acceptors (Lipinski definition) is 3. The minimum atomic E-state index is 0.715. The third-order valence-corrected chi connectivity index (χ3v) is 4.19. The van der Waals surface area contributed by atoms with Crippen molar-refractivity contribution in [3.8, 4) is 0 Å². The van der Waals surface area contributed by atoms with Crippen molar-refractivity contribution in [3.05, 3.63) is 23.4 Å². The zero-order chi connectivity index (χ0) is 14.5. The zero-order valence-electron chi connectivity index (χ0n) is 13.4. The van der Waals surface area contributed by atoms with Crippen LogP contribution in [0.1, 0.15) is 51.2 Å². The Labute approximate surface area is 123 Å². The van der Waals surface area contributed by atoms with Crippen LogP contribution in [-0.2, 0) is 6.54 Å². The first-order chi connectivity index (χ1) is 9.63. The summed E-state index contributed by atoms with van der Waals surface area (Å²) in [5, 5.41) is 3.55. The highest BCUT2D eigenvalue weighted by Crippen LogP contribution is 2.22. The van der Waals surface area contributed by atoms with E-state index in [9.17, 15) is 0 Å². The molecule has 0 aliphatic heterocycles. The smallest absolute Gasteiger partial charge is 0.131 e. The predicted octanol–water partition coefficient (Wildman–Crippen LogP) is 3.51. The van der Waals surface area contributed by atoms with Crippen LogP contribution in [-0.4, -0.2) is 24.1 Å². The number of anilines is 1. The number of nitrogens with zero attached hydrogens (tertiary/aromatic N) is 2. The molecule has 0 amide bonds. The van der Waals surface area contributed by atoms with E-state index >= 15 is 0 Å². The normalized spacial score (nSPS) is 16.2. The Bertz CT molecular complexity index is 426. The van der Waals surface area contributed by atoms with E-state index in [1.807, 2.05) is 6.20 Å². The quantitative estimate of drug-likeness (QED) is 0.787. The van der Waals surface area contributed by atoms with Gasteiger partial charge in [-0.2, -0.15) is 0 Å². The minimum Gasteiger partial charge on any atom is -0.356 e. The second kappa shape index (κ2) is 7.07. The second-order valence-electron chi connectivity index (χ2n) is 6.19. The Kier molecular flexibility index (Phi) is 5.41. The molecule has 3 nitrogen and oxygen atoms in total. The number of pyridine rings is 1. The average molecular weight is 275 g/mol. The van der Waals surface area contributed by atoms with Crippen molar-refractivity contribution in [2.75, 3.05) is 18.0 Å². The summed E-state index contributed by atoms with van der Waals surface area (Å²) >= 11 is 0. The van der Waals surface area contributed by atoms with E-state index in [0.717, 1.165) is 31.5 Å². The van der Waals surface area contributed by atoms with Gasteiger partial charge in [0.25, 0.3) is 0 Å². The molecule has 1 heterocycles. The number of aromatic nitrogens is 1. The predicted molar refractivity (Wildman–Crippen MR) is 86.2 cm³/mol. The molecule has 3 heteroatoms. The molecular weight excluding hydrogens is 246 g/mol. The molecule has 0 radical (unpaired) electrons. The van der Waals surface area contributed by atoms with Crippen LogP contribution in [0.25, 0.3) is 0 Å². The Balaban J connectivity index is 2.01. The van der Waals surface area contributed by atoms with E-state index in [2.05, 4.69) is 44.0 Å². The van der Waals surface area contributed by atoms with Crippen molar-refractivity contribution in [2.24, 2.45) is 5.92 Å². The number of aryl methyl sites for hydroxylation is 1. The molecule has 0 aromatic carbocycles. The Hall–Kier alpha value is -1.09. The summed E-state index contributed by atoms with van der Waals surface area (Å²) in [4.78, 5) is 7.13. The van der Waals surface area contributed by atoms with Crippen LogP contribution in [0.4, 0.5) is 5.82 Å². The Morgan fingerprint density at radius 3 is 2.70 bits per heavy atom. The number of nitrogens with one attached hydrogen (secondary N) is 1. The van der Waals surface area contributed by atoms with Gasteiger partial charge in [0, 0.05) is 31.9 Å². The summed E-state index contributed by atoms with van der Waals surface area (Å²) in [6.07, 6.45) is 5.93. The Morgan fingerprint density at radius 1 is 1.40 bits per heavy atom. The lowest BCUT2D eigenvalue weighted by Gasteiger charge is -2.26. The molecule has 1 aromatic rings. The molecule has 0 saturated heterocycles. The van der Waals surface area contributed by atoms with Crippen LogP contribution < -0.4 is 10.2 Å². The van der Waals surface area contributed by atoms with Gasteiger partial charge in [0.2, 0.25) is 0 Å². The van der Waals surface area contributed by atoms with Gasteiger partial charge < -0.3 is 10.2 Å². The van der Waals surface area contributed by atoms with E-state index in [-0.39, 0.29) is 0 Å². The lowest BCUT2D eigenvalue weighted by Crippen LogP contribution is -2.29. The maximum absolute atomic E-state index is 4.72. The molecule has 2 rings (SSSR count). The summed E-state index contributed by atoms with van der Waals surface area (Å²) in [6.45, 7) is 12.0. The first kappa shape index (κ1) is 15.3. The number of rotatable bonds is 8. The van der Waals surface area contributed by atoms with Crippen LogP contribution in [0.3, 0.4) is 0 Å². The van der Waals surface area contributed by atoms with Gasteiger partial charge >= 0.3 is 0 Å². The van der Waals surface area contributed by atoms with Crippen molar-refractivity contribution in [3.63, 3.8) is 0 Å². The van der Waals surface area contributed by atoms with Gasteiger partial charge in [0.05, 0.1) is 0 Å². The minimum absolute atomic E-state index is 0.715. The molecular formula is C17H29N3. The maximum atomic E-state index is 4.72. The van der Waals surface area contributed by atoms with Gasteiger partial charge in [0.1, 0.15) is 5.82 Å². The van der Waals surface area contributed by atoms with Crippen LogP contribution in [0.5, 0.6) is 0 Å². The molecule has 1 aliphatic carbocycles. The van der Waals surface area contributed by atoms with E-state index in [4.69, 9.17) is 4.98 Å². The summed E-state index contributed by atoms with van der Waals surface area (Å²) < 4.78 is 0. The zero-order valence-corrected chi connectivity index (χ0v) is 13.4. The third kappa shape index (κ3) is 4.20. The van der Waals surface area contributed by atoms with E-state index < -0.39 is 0 Å². The molecule has 0 spiro atoms. The van der Waals surface area contributed by atoms with Crippen molar-refractivity contribution < 1.29 is 0 Å². The standard InChI is InChI=1S/C17H29N3/c1-5-13(3)12-20(6-2)17-14(4)9-15(11-19-17)10-18-16-7-8-16/h9,11,13,16,18H,5-8,10,12H2,1-4H3. The molecule has 1 saturated carbocycles. The van der Waals surface area contributed by atoms with Crippen LogP contribution in [0.2, 0.25) is 0 Å². The Morgan fingerprint density at radius 2 is 2.15 bits per heavy atom. The summed E-state index contributed by atoms with van der Waals surface area (Å²) in [7, 11) is 0. The van der Waals surface area contributed by atoms with Crippen molar-refractivity contribution >= 4 is 5.82 Å². The lowest BCUT2D eigenvalue weighted by molar-refractivity contribution is 0.545. The highest BCUT2D eigenvalue weighted by atomic mass is 15.2. The van der Waals surface area contributed by atoms with Gasteiger partial charge in [-0.05, 0) is 49.8 Å². The first-order valence-corrected chi connectivity index (χ1v) is 8.07. The maximum Gasteiger partial charge on any atom is 0.131 e. The summed E-state index contributed by atoms with van der Waals surface area (Å²) in [5.41, 5.74) is 2.60. The number of hydrogen-bond donors (Lipinski definition) is 1. The monoisotopic (exact) mass is 275 g/mol. The lowest BCUT2D eigenvalue weighted by atomic mass is 10.1. The average Bonchev–Trinajstić information content (AvgIpc) is 3.27. The molecule has 1 aliphatic rings. The van der Waals surface area contributed by atoms with Gasteiger partial charge in [-0.1, -0.05) is 20.3 Å². The van der Waals surface area contributed by atoms with E-state index in [1.165, 1.54) is 30.4 Å². The van der Waals surface area contributed by atoms with Gasteiger partial charge in [-0.15, -0.1) is 0 Å². The SMILES string of the molecule is CCC(C)CN(CC)c1ncc(CNC2CC2)cc1C.